The molecule has 0 aromatic heterocycles. The van der Waals surface area contributed by atoms with Crippen LogP contribution in [0.15, 0.2) is 0 Å². The fourth-order valence-corrected chi connectivity index (χ4v) is 2.77. The molecule has 1 fully saturated rings. The first kappa shape index (κ1) is 16.1. The van der Waals surface area contributed by atoms with Crippen molar-refractivity contribution in [2.45, 2.75) is 57.3 Å². The number of amides is 1. The minimum atomic E-state index is -2.55. The molecular formula is C13H22F2INO. The summed E-state index contributed by atoms with van der Waals surface area (Å²) in [6.45, 7) is 0.687. The highest BCUT2D eigenvalue weighted by molar-refractivity contribution is 14.1. The number of nitrogens with one attached hydrogen (secondary N) is 1. The topological polar surface area (TPSA) is 29.1 Å². The number of halogens is 3. The first-order chi connectivity index (χ1) is 8.55. The van der Waals surface area contributed by atoms with Crippen molar-refractivity contribution < 1.29 is 13.6 Å². The number of alkyl halides is 3. The molecule has 0 radical (unpaired) electrons. The largest absolute Gasteiger partial charge is 0.356 e. The van der Waals surface area contributed by atoms with Gasteiger partial charge < -0.3 is 5.32 Å². The Morgan fingerprint density at radius 1 is 1.17 bits per heavy atom. The maximum atomic E-state index is 12.9. The molecular weight excluding hydrogens is 351 g/mol. The summed E-state index contributed by atoms with van der Waals surface area (Å²) in [6, 6.07) is 0. The van der Waals surface area contributed by atoms with E-state index in [2.05, 4.69) is 27.9 Å². The Labute approximate surface area is 121 Å². The molecule has 1 saturated carbocycles. The lowest BCUT2D eigenvalue weighted by molar-refractivity contribution is -0.129. The summed E-state index contributed by atoms with van der Waals surface area (Å²) < 4.78 is 27.0. The zero-order valence-corrected chi connectivity index (χ0v) is 12.8. The standard InChI is InChI=1S/C13H22F2INO/c14-13(15)7-5-11(6-8-13)12(18)17-10-4-2-1-3-9-16/h11H,1-10H2,(H,17,18). The minimum absolute atomic E-state index is 0.0283. The van der Waals surface area contributed by atoms with E-state index in [-0.39, 0.29) is 24.7 Å². The van der Waals surface area contributed by atoms with Crippen molar-refractivity contribution in [3.8, 4) is 0 Å². The van der Waals surface area contributed by atoms with Gasteiger partial charge in [-0.15, -0.1) is 0 Å². The van der Waals surface area contributed by atoms with Crippen molar-refractivity contribution in [2.24, 2.45) is 5.92 Å². The molecule has 0 heterocycles. The smallest absolute Gasteiger partial charge is 0.248 e. The maximum absolute atomic E-state index is 12.9. The van der Waals surface area contributed by atoms with Crippen molar-refractivity contribution in [2.75, 3.05) is 11.0 Å². The lowest BCUT2D eigenvalue weighted by atomic mass is 9.86. The minimum Gasteiger partial charge on any atom is -0.356 e. The van der Waals surface area contributed by atoms with Crippen LogP contribution in [0.4, 0.5) is 8.78 Å². The molecule has 2 nitrogen and oxygen atoms in total. The van der Waals surface area contributed by atoms with Gasteiger partial charge in [0, 0.05) is 25.3 Å². The van der Waals surface area contributed by atoms with Crippen LogP contribution in [0.1, 0.15) is 51.4 Å². The summed E-state index contributed by atoms with van der Waals surface area (Å²) >= 11 is 2.36. The van der Waals surface area contributed by atoms with Crippen LogP contribution in [0.5, 0.6) is 0 Å². The summed E-state index contributed by atoms with van der Waals surface area (Å²) in [7, 11) is 0. The van der Waals surface area contributed by atoms with Gasteiger partial charge in [-0.25, -0.2) is 8.78 Å². The Morgan fingerprint density at radius 3 is 2.39 bits per heavy atom. The van der Waals surface area contributed by atoms with Crippen LogP contribution < -0.4 is 5.32 Å². The van der Waals surface area contributed by atoms with Crippen LogP contribution in [-0.2, 0) is 4.79 Å². The number of hydrogen-bond donors (Lipinski definition) is 1. The Balaban J connectivity index is 2.07. The second-order valence-corrected chi connectivity index (χ2v) is 6.10. The number of carbonyl (C=O) groups is 1. The highest BCUT2D eigenvalue weighted by Crippen LogP contribution is 2.36. The van der Waals surface area contributed by atoms with Gasteiger partial charge in [-0.3, -0.25) is 4.79 Å². The normalized spacial score (nSPS) is 19.7. The molecule has 0 aromatic rings. The average molecular weight is 373 g/mol. The highest BCUT2D eigenvalue weighted by Gasteiger charge is 2.37. The second kappa shape index (κ2) is 8.27. The molecule has 1 N–H and O–H groups in total. The summed E-state index contributed by atoms with van der Waals surface area (Å²) in [5.41, 5.74) is 0. The predicted molar refractivity (Wildman–Crippen MR) is 77.3 cm³/mol. The van der Waals surface area contributed by atoms with Gasteiger partial charge in [-0.1, -0.05) is 35.4 Å². The third kappa shape index (κ3) is 6.29. The molecule has 18 heavy (non-hydrogen) atoms. The second-order valence-electron chi connectivity index (χ2n) is 5.02. The zero-order chi connectivity index (χ0) is 13.4. The summed E-state index contributed by atoms with van der Waals surface area (Å²) in [5.74, 6) is -2.77. The van der Waals surface area contributed by atoms with Crippen LogP contribution in [-0.4, -0.2) is 22.8 Å². The molecule has 1 amide bonds. The van der Waals surface area contributed by atoms with Gasteiger partial charge in [0.05, 0.1) is 0 Å². The van der Waals surface area contributed by atoms with Crippen molar-refractivity contribution in [1.82, 2.24) is 5.32 Å². The summed E-state index contributed by atoms with van der Waals surface area (Å²) in [5, 5.41) is 2.87. The average Bonchev–Trinajstić information content (AvgIpc) is 2.33. The molecule has 1 aliphatic carbocycles. The monoisotopic (exact) mass is 373 g/mol. The van der Waals surface area contributed by atoms with E-state index >= 15 is 0 Å². The van der Waals surface area contributed by atoms with Crippen LogP contribution in [0.25, 0.3) is 0 Å². The zero-order valence-electron chi connectivity index (χ0n) is 10.7. The van der Waals surface area contributed by atoms with E-state index in [1.165, 1.54) is 17.3 Å². The fraction of sp³-hybridized carbons (Fsp3) is 0.923. The van der Waals surface area contributed by atoms with Crippen molar-refractivity contribution in [1.29, 1.82) is 0 Å². The molecule has 0 spiro atoms. The molecule has 106 valence electrons. The fourth-order valence-electron chi connectivity index (χ4n) is 2.23. The molecule has 0 atom stereocenters. The van der Waals surface area contributed by atoms with Crippen LogP contribution in [0.3, 0.4) is 0 Å². The SMILES string of the molecule is O=C(NCCCCCCI)C1CCC(F)(F)CC1. The van der Waals surface area contributed by atoms with Crippen LogP contribution >= 0.6 is 22.6 Å². The van der Waals surface area contributed by atoms with Crippen LogP contribution in [0, 0.1) is 5.92 Å². The molecule has 0 aromatic carbocycles. The van der Waals surface area contributed by atoms with Gasteiger partial charge in [0.15, 0.2) is 0 Å². The quantitative estimate of drug-likeness (QED) is 0.409. The molecule has 0 bridgehead atoms. The predicted octanol–water partition coefficient (Wildman–Crippen LogP) is 3.92. The van der Waals surface area contributed by atoms with Gasteiger partial charge in [0.1, 0.15) is 0 Å². The van der Waals surface area contributed by atoms with Gasteiger partial charge in [0.2, 0.25) is 11.8 Å². The van der Waals surface area contributed by atoms with Crippen molar-refractivity contribution in [3.05, 3.63) is 0 Å². The molecule has 0 unspecified atom stereocenters. The Hall–Kier alpha value is 0.0600. The highest BCUT2D eigenvalue weighted by atomic mass is 127. The van der Waals surface area contributed by atoms with Crippen molar-refractivity contribution >= 4 is 28.5 Å². The van der Waals surface area contributed by atoms with E-state index in [0.717, 1.165) is 12.8 Å². The van der Waals surface area contributed by atoms with Gasteiger partial charge >= 0.3 is 0 Å². The van der Waals surface area contributed by atoms with Gasteiger partial charge in [-0.05, 0) is 30.1 Å². The van der Waals surface area contributed by atoms with E-state index in [1.807, 2.05) is 0 Å². The van der Waals surface area contributed by atoms with E-state index in [0.29, 0.717) is 19.4 Å². The number of unbranched alkanes of at least 4 members (excludes halogenated alkanes) is 3. The van der Waals surface area contributed by atoms with E-state index in [9.17, 15) is 13.6 Å². The third-order valence-electron chi connectivity index (χ3n) is 3.45. The lowest BCUT2D eigenvalue weighted by Crippen LogP contribution is -2.36. The first-order valence-electron chi connectivity index (χ1n) is 6.77. The molecule has 0 aliphatic heterocycles. The summed E-state index contributed by atoms with van der Waals surface area (Å²) in [4.78, 5) is 11.7. The molecule has 0 saturated heterocycles. The number of hydrogen-bond acceptors (Lipinski definition) is 1. The van der Waals surface area contributed by atoms with Crippen LogP contribution in [0.2, 0.25) is 0 Å². The lowest BCUT2D eigenvalue weighted by Gasteiger charge is -2.27. The molecule has 1 rings (SSSR count). The Morgan fingerprint density at radius 2 is 1.78 bits per heavy atom. The van der Waals surface area contributed by atoms with E-state index < -0.39 is 5.92 Å². The molecule has 1 aliphatic rings. The molecule has 5 heteroatoms. The number of rotatable bonds is 7. The van der Waals surface area contributed by atoms with Gasteiger partial charge in [-0.2, -0.15) is 0 Å². The number of carbonyl (C=O) groups excluding carboxylic acids is 1. The Bertz CT molecular complexity index is 251. The first-order valence-corrected chi connectivity index (χ1v) is 8.29. The Kier molecular flexibility index (Phi) is 7.41. The third-order valence-corrected chi connectivity index (χ3v) is 4.21. The maximum Gasteiger partial charge on any atom is 0.248 e. The van der Waals surface area contributed by atoms with E-state index in [4.69, 9.17) is 0 Å². The van der Waals surface area contributed by atoms with Gasteiger partial charge in [0.25, 0.3) is 0 Å². The summed E-state index contributed by atoms with van der Waals surface area (Å²) in [6.07, 6.45) is 4.93. The van der Waals surface area contributed by atoms with Crippen molar-refractivity contribution in [3.63, 3.8) is 0 Å². The van der Waals surface area contributed by atoms with E-state index in [1.54, 1.807) is 0 Å².